The van der Waals surface area contributed by atoms with Gasteiger partial charge in [-0.3, -0.25) is 0 Å². The van der Waals surface area contributed by atoms with E-state index < -0.39 is 0 Å². The Morgan fingerprint density at radius 2 is 2.16 bits per heavy atom. The first kappa shape index (κ1) is 16.4. The molecule has 0 spiro atoms. The van der Waals surface area contributed by atoms with E-state index in [1.165, 1.54) is 39.9 Å². The topological polar surface area (TPSA) is 64.1 Å². The van der Waals surface area contributed by atoms with Crippen molar-refractivity contribution in [3.63, 3.8) is 0 Å². The summed E-state index contributed by atoms with van der Waals surface area (Å²) in [5, 5.41) is 14.9. The van der Waals surface area contributed by atoms with Crippen LogP contribution in [-0.4, -0.2) is 39.9 Å². The van der Waals surface area contributed by atoms with Gasteiger partial charge in [0.05, 0.1) is 20.2 Å². The van der Waals surface area contributed by atoms with Crippen LogP contribution in [0.1, 0.15) is 36.2 Å². The zero-order chi connectivity index (χ0) is 17.4. The van der Waals surface area contributed by atoms with Gasteiger partial charge in [0.15, 0.2) is 6.04 Å². The van der Waals surface area contributed by atoms with Crippen LogP contribution in [0.3, 0.4) is 0 Å². The summed E-state index contributed by atoms with van der Waals surface area (Å²) in [5.41, 5.74) is 1.16. The van der Waals surface area contributed by atoms with E-state index in [-0.39, 0.29) is 11.9 Å². The number of nitrogens with zero attached hydrogens (tertiary/aromatic N) is 3. The number of piperidine rings is 1. The van der Waals surface area contributed by atoms with Crippen LogP contribution in [-0.2, 0) is 0 Å². The number of aromatic hydroxyl groups is 1. The summed E-state index contributed by atoms with van der Waals surface area (Å²) in [6.45, 7) is 4.50. The van der Waals surface area contributed by atoms with Crippen LogP contribution in [0.5, 0.6) is 11.6 Å². The molecule has 6 nitrogen and oxygen atoms in total. The van der Waals surface area contributed by atoms with Gasteiger partial charge in [0, 0.05) is 5.56 Å². The number of quaternary nitrogens is 1. The van der Waals surface area contributed by atoms with Crippen LogP contribution in [0.15, 0.2) is 30.6 Å². The molecule has 1 fully saturated rings. The van der Waals surface area contributed by atoms with Gasteiger partial charge in [-0.05, 0) is 30.9 Å². The molecule has 0 radical (unpaired) electrons. The van der Waals surface area contributed by atoms with Gasteiger partial charge in [0.2, 0.25) is 10.8 Å². The Bertz CT molecular complexity index is 867. The highest BCUT2D eigenvalue weighted by atomic mass is 32.1. The van der Waals surface area contributed by atoms with Crippen molar-refractivity contribution in [3.05, 3.63) is 41.0 Å². The average Bonchev–Trinajstić information content (AvgIpc) is 3.21. The van der Waals surface area contributed by atoms with Crippen LogP contribution in [0.25, 0.3) is 4.96 Å². The molecule has 0 saturated carbocycles. The lowest BCUT2D eigenvalue weighted by molar-refractivity contribution is -0.931. The molecule has 0 amide bonds. The van der Waals surface area contributed by atoms with Crippen molar-refractivity contribution in [1.29, 1.82) is 0 Å². The number of nitrogens with one attached hydrogen (secondary N) is 1. The molecule has 2 aromatic heterocycles. The Hall–Kier alpha value is -2.12. The molecule has 1 aromatic carbocycles. The number of methoxy groups -OCH3 is 1. The fourth-order valence-electron chi connectivity index (χ4n) is 3.70. The number of ether oxygens (including phenoxy) is 1. The highest BCUT2D eigenvalue weighted by Crippen LogP contribution is 2.35. The third kappa shape index (κ3) is 2.98. The number of hydrogen-bond donors (Lipinski definition) is 2. The van der Waals surface area contributed by atoms with Crippen molar-refractivity contribution in [2.45, 2.75) is 25.8 Å². The highest BCUT2D eigenvalue weighted by Gasteiger charge is 2.34. The Balaban J connectivity index is 1.80. The molecule has 1 aliphatic heterocycles. The lowest BCUT2D eigenvalue weighted by Gasteiger charge is -2.33. The molecule has 0 unspecified atom stereocenters. The first-order chi connectivity index (χ1) is 12.2. The Kier molecular flexibility index (Phi) is 4.35. The summed E-state index contributed by atoms with van der Waals surface area (Å²) in [5.74, 6) is 1.81. The van der Waals surface area contributed by atoms with E-state index >= 15 is 0 Å². The molecule has 3 heterocycles. The summed E-state index contributed by atoms with van der Waals surface area (Å²) in [6, 6.07) is 8.23. The first-order valence-electron chi connectivity index (χ1n) is 8.67. The van der Waals surface area contributed by atoms with Crippen molar-refractivity contribution in [2.24, 2.45) is 5.92 Å². The number of rotatable bonds is 4. The third-order valence-corrected chi connectivity index (χ3v) is 6.25. The molecule has 0 bridgehead atoms. The number of thiazole rings is 1. The fourth-order valence-corrected chi connectivity index (χ4v) is 4.81. The van der Waals surface area contributed by atoms with Crippen molar-refractivity contribution < 1.29 is 14.7 Å². The molecular weight excluding hydrogens is 336 g/mol. The number of likely N-dealkylation sites (tertiary alicyclic amines) is 1. The Morgan fingerprint density at radius 3 is 2.88 bits per heavy atom. The quantitative estimate of drug-likeness (QED) is 0.747. The molecule has 1 atom stereocenters. The molecule has 1 aliphatic rings. The second-order valence-corrected chi connectivity index (χ2v) is 7.80. The number of benzene rings is 1. The van der Waals surface area contributed by atoms with Crippen LogP contribution >= 0.6 is 11.3 Å². The molecule has 4 rings (SSSR count). The molecule has 2 N–H and O–H groups in total. The van der Waals surface area contributed by atoms with Gasteiger partial charge >= 0.3 is 0 Å². The maximum absolute atomic E-state index is 10.7. The van der Waals surface area contributed by atoms with Gasteiger partial charge in [0.1, 0.15) is 17.0 Å². The molecule has 25 heavy (non-hydrogen) atoms. The highest BCUT2D eigenvalue weighted by molar-refractivity contribution is 7.17. The minimum atomic E-state index is 0.0658. The summed E-state index contributed by atoms with van der Waals surface area (Å²) in [6.07, 6.45) is 3.89. The second kappa shape index (κ2) is 6.65. The first-order valence-corrected chi connectivity index (χ1v) is 9.49. The molecule has 1 saturated heterocycles. The molecule has 3 aromatic rings. The second-order valence-electron chi connectivity index (χ2n) is 6.79. The third-order valence-electron chi connectivity index (χ3n) is 5.15. The van der Waals surface area contributed by atoms with E-state index in [1.54, 1.807) is 7.11 Å². The van der Waals surface area contributed by atoms with Gasteiger partial charge < -0.3 is 14.7 Å². The maximum atomic E-state index is 10.7. The Labute approximate surface area is 150 Å². The summed E-state index contributed by atoms with van der Waals surface area (Å²) < 4.78 is 6.95. The van der Waals surface area contributed by atoms with E-state index in [0.29, 0.717) is 0 Å². The largest absolute Gasteiger partial charge is 0.497 e. The normalized spacial score (nSPS) is 22.2. The Morgan fingerprint density at radius 1 is 1.36 bits per heavy atom. The zero-order valence-electron chi connectivity index (χ0n) is 14.5. The van der Waals surface area contributed by atoms with E-state index in [2.05, 4.69) is 29.1 Å². The smallest absolute Gasteiger partial charge is 0.235 e. The monoisotopic (exact) mass is 359 g/mol. The van der Waals surface area contributed by atoms with E-state index in [4.69, 9.17) is 4.74 Å². The summed E-state index contributed by atoms with van der Waals surface area (Å²) in [4.78, 5) is 7.37. The van der Waals surface area contributed by atoms with Gasteiger partial charge in [-0.15, -0.1) is 0 Å². The van der Waals surface area contributed by atoms with Gasteiger partial charge in [-0.25, -0.2) is 4.98 Å². The summed E-state index contributed by atoms with van der Waals surface area (Å²) in [7, 11) is 1.68. The van der Waals surface area contributed by atoms with Crippen LogP contribution in [0.2, 0.25) is 0 Å². The minimum absolute atomic E-state index is 0.0658. The van der Waals surface area contributed by atoms with Crippen molar-refractivity contribution in [1.82, 2.24) is 14.6 Å². The minimum Gasteiger partial charge on any atom is -0.497 e. The van der Waals surface area contributed by atoms with Gasteiger partial charge in [-0.1, -0.05) is 30.4 Å². The molecular formula is C18H23N4O2S+. The maximum Gasteiger partial charge on any atom is 0.235 e. The van der Waals surface area contributed by atoms with Crippen molar-refractivity contribution >= 4 is 16.3 Å². The number of fused-ring (bicyclic) bond motifs is 1. The summed E-state index contributed by atoms with van der Waals surface area (Å²) >= 11 is 1.52. The predicted octanol–water partition coefficient (Wildman–Crippen LogP) is 1.91. The average molecular weight is 359 g/mol. The van der Waals surface area contributed by atoms with Crippen molar-refractivity contribution in [3.8, 4) is 11.6 Å². The van der Waals surface area contributed by atoms with E-state index in [1.807, 2.05) is 12.1 Å². The zero-order valence-corrected chi connectivity index (χ0v) is 15.3. The SMILES string of the molecule is COc1cccc([C@H](c2sc3ncnn3c2O)[NH+]2CCC(C)CC2)c1. The van der Waals surface area contributed by atoms with Crippen LogP contribution < -0.4 is 9.64 Å². The lowest BCUT2D eigenvalue weighted by atomic mass is 9.95. The van der Waals surface area contributed by atoms with Crippen LogP contribution in [0.4, 0.5) is 0 Å². The molecule has 132 valence electrons. The fraction of sp³-hybridized carbons (Fsp3) is 0.444. The van der Waals surface area contributed by atoms with Crippen LogP contribution in [0, 0.1) is 5.92 Å². The van der Waals surface area contributed by atoms with Crippen molar-refractivity contribution in [2.75, 3.05) is 20.2 Å². The van der Waals surface area contributed by atoms with Gasteiger partial charge in [-0.2, -0.15) is 9.61 Å². The van der Waals surface area contributed by atoms with Gasteiger partial charge in [0.25, 0.3) is 0 Å². The molecule has 0 aliphatic carbocycles. The number of hydrogen-bond acceptors (Lipinski definition) is 5. The number of aromatic nitrogens is 3. The van der Waals surface area contributed by atoms with E-state index in [0.717, 1.165) is 40.2 Å². The predicted molar refractivity (Wildman–Crippen MR) is 96.5 cm³/mol. The lowest BCUT2D eigenvalue weighted by Crippen LogP contribution is -3.13. The van der Waals surface area contributed by atoms with E-state index in [9.17, 15) is 5.11 Å². The molecule has 7 heteroatoms. The standard InChI is InChI=1S/C18H22N4O2S/c1-12-6-8-21(9-7-12)15(13-4-3-5-14(10-13)24-2)16-17(23)22-18(25-16)19-11-20-22/h3-5,10-12,15,23H,6-9H2,1-2H3/p+1/t15-/m1/s1.